The van der Waals surface area contributed by atoms with Gasteiger partial charge in [-0.05, 0) is 19.3 Å². The maximum Gasteiger partial charge on any atom is 0.339 e. The van der Waals surface area contributed by atoms with Crippen molar-refractivity contribution in [1.29, 1.82) is 0 Å². The molecular formula is C12H27O3PS9. The van der Waals surface area contributed by atoms with Gasteiger partial charge in [0.2, 0.25) is 0 Å². The second kappa shape index (κ2) is 12.3. The van der Waals surface area contributed by atoms with Crippen LogP contribution >= 0.6 is 122 Å². The van der Waals surface area contributed by atoms with E-state index in [1.54, 1.807) is 0 Å². The van der Waals surface area contributed by atoms with Crippen molar-refractivity contribution in [3.05, 3.63) is 0 Å². The van der Waals surface area contributed by atoms with Gasteiger partial charge in [0.25, 0.3) is 0 Å². The minimum atomic E-state index is -2.04. The smallest absolute Gasteiger partial charge is 0.283 e. The highest BCUT2D eigenvalue weighted by Crippen LogP contribution is 2.58. The summed E-state index contributed by atoms with van der Waals surface area (Å²) in [5.74, 6) is 0. The third-order valence-electron chi connectivity index (χ3n) is 3.09. The van der Waals surface area contributed by atoms with E-state index in [1.165, 1.54) is 0 Å². The van der Waals surface area contributed by atoms with E-state index >= 15 is 0 Å². The second-order valence-electron chi connectivity index (χ2n) is 5.25. The van der Waals surface area contributed by atoms with Crippen molar-refractivity contribution < 1.29 is 13.6 Å². The van der Waals surface area contributed by atoms with E-state index in [2.05, 4.69) is 114 Å². The summed E-state index contributed by atoms with van der Waals surface area (Å²) in [7, 11) is -2.04. The summed E-state index contributed by atoms with van der Waals surface area (Å²) in [6, 6.07) is 0. The summed E-state index contributed by atoms with van der Waals surface area (Å²) in [5, 5.41) is -0.845. The zero-order valence-electron chi connectivity index (χ0n) is 14.1. The molecule has 0 saturated carbocycles. The summed E-state index contributed by atoms with van der Waals surface area (Å²) < 4.78 is 13.9. The van der Waals surface area contributed by atoms with Gasteiger partial charge in [0.1, 0.15) is 0 Å². The lowest BCUT2D eigenvalue weighted by molar-refractivity contribution is 0.107. The Morgan fingerprint density at radius 3 is 0.960 bits per heavy atom. The van der Waals surface area contributed by atoms with Crippen LogP contribution in [0.5, 0.6) is 0 Å². The fourth-order valence-corrected chi connectivity index (χ4v) is 5.22. The first kappa shape index (κ1) is 28.5. The fraction of sp³-hybridized carbons (Fsp3) is 1.00. The van der Waals surface area contributed by atoms with Gasteiger partial charge in [-0.2, -0.15) is 37.9 Å². The summed E-state index contributed by atoms with van der Waals surface area (Å²) in [5.41, 5.74) is 0. The highest BCUT2D eigenvalue weighted by atomic mass is 32.2. The Morgan fingerprint density at radius 2 is 0.800 bits per heavy atom. The largest absolute Gasteiger partial charge is 0.339 e. The quantitative estimate of drug-likeness (QED) is 0.0876. The van der Waals surface area contributed by atoms with Crippen molar-refractivity contribution in [2.24, 2.45) is 0 Å². The average Bonchev–Trinajstić information content (AvgIpc) is 2.50. The highest BCUT2D eigenvalue weighted by Gasteiger charge is 2.43. The Morgan fingerprint density at radius 1 is 0.600 bits per heavy atom. The summed E-state index contributed by atoms with van der Waals surface area (Å²) in [4.78, 5) is 0. The Hall–Kier alpha value is 3.46. The average molecular weight is 539 g/mol. The Kier molecular flexibility index (Phi) is 14.1. The molecule has 0 amide bonds. The van der Waals surface area contributed by atoms with Crippen molar-refractivity contribution in [3.63, 3.8) is 0 Å². The molecule has 0 aromatic carbocycles. The molecule has 0 aromatic heterocycles. The lowest BCUT2D eigenvalue weighted by Crippen LogP contribution is -2.35. The van der Waals surface area contributed by atoms with Gasteiger partial charge in [-0.1, -0.05) is 20.8 Å². The van der Waals surface area contributed by atoms with E-state index in [0.29, 0.717) is 19.3 Å². The molecule has 3 atom stereocenters. The first-order valence-electron chi connectivity index (χ1n) is 7.49. The topological polar surface area (TPSA) is 27.7 Å². The Bertz CT molecular complexity index is 343. The molecule has 0 spiro atoms. The minimum Gasteiger partial charge on any atom is -0.283 e. The molecule has 0 N–H and O–H groups in total. The first-order valence-corrected chi connectivity index (χ1v) is 12.8. The maximum absolute atomic E-state index is 5.86. The molecule has 3 nitrogen and oxygen atoms in total. The van der Waals surface area contributed by atoms with Gasteiger partial charge in [-0.15, -0.1) is 75.8 Å². The van der Waals surface area contributed by atoms with Crippen LogP contribution in [-0.4, -0.2) is 28.5 Å². The lowest BCUT2D eigenvalue weighted by atomic mass is 10.3. The summed E-state index contributed by atoms with van der Waals surface area (Å²) in [6.45, 7) is 5.82. The van der Waals surface area contributed by atoms with Crippen LogP contribution in [0.1, 0.15) is 40.0 Å². The number of hydrogen-bond donors (Lipinski definition) is 9. The van der Waals surface area contributed by atoms with E-state index in [0.717, 1.165) is 0 Å². The molecule has 0 heterocycles. The summed E-state index contributed by atoms with van der Waals surface area (Å²) in [6.07, 6.45) is 2.02. The molecule has 152 valence electrons. The van der Waals surface area contributed by atoms with Gasteiger partial charge in [-0.3, -0.25) is 13.6 Å². The zero-order chi connectivity index (χ0) is 20.1. The predicted molar refractivity (Wildman–Crippen MR) is 141 cm³/mol. The molecule has 0 saturated heterocycles. The molecular weight excluding hydrogens is 512 g/mol. The molecule has 13 heteroatoms. The standard InChI is InChI=1S/C12H27O3PS9/c1-4-7(17)10(20,21)13-16(14-11(22,23)8(18)5-2)15-12(24,25)9(19)6-3/h7-9,17-25H,4-6H2,1-3H3. The molecule has 0 aliphatic heterocycles. The van der Waals surface area contributed by atoms with Crippen LogP contribution in [0.3, 0.4) is 0 Å². The number of hydrogen-bond acceptors (Lipinski definition) is 12. The van der Waals surface area contributed by atoms with E-state index in [-0.39, 0.29) is 15.7 Å². The van der Waals surface area contributed by atoms with Crippen molar-refractivity contribution in [2.75, 3.05) is 0 Å². The van der Waals surface area contributed by atoms with Gasteiger partial charge >= 0.3 is 8.60 Å². The van der Waals surface area contributed by atoms with E-state index in [9.17, 15) is 0 Å². The van der Waals surface area contributed by atoms with Crippen LogP contribution in [0.4, 0.5) is 0 Å². The Balaban J connectivity index is 5.45. The van der Waals surface area contributed by atoms with Gasteiger partial charge in [0, 0.05) is 15.7 Å². The van der Waals surface area contributed by atoms with Crippen LogP contribution in [0.2, 0.25) is 0 Å². The van der Waals surface area contributed by atoms with Crippen LogP contribution < -0.4 is 0 Å². The van der Waals surface area contributed by atoms with Crippen LogP contribution in [0.15, 0.2) is 0 Å². The Labute approximate surface area is 202 Å². The molecule has 0 aliphatic rings. The van der Waals surface area contributed by atoms with Crippen molar-refractivity contribution in [1.82, 2.24) is 0 Å². The zero-order valence-corrected chi connectivity index (χ0v) is 23.0. The molecule has 3 unspecified atom stereocenters. The molecule has 0 aromatic rings. The molecule has 0 bridgehead atoms. The summed E-state index contributed by atoms with van der Waals surface area (Å²) >= 11 is 39.9. The van der Waals surface area contributed by atoms with Gasteiger partial charge < -0.3 is 0 Å². The first-order chi connectivity index (χ1) is 11.2. The number of thiol groups is 9. The van der Waals surface area contributed by atoms with Crippen molar-refractivity contribution in [2.45, 2.75) is 68.6 Å². The molecule has 0 aliphatic carbocycles. The number of rotatable bonds is 12. The third kappa shape index (κ3) is 9.87. The monoisotopic (exact) mass is 538 g/mol. The molecule has 0 radical (unpaired) electrons. The molecule has 0 rings (SSSR count). The van der Waals surface area contributed by atoms with Crippen LogP contribution in [0.25, 0.3) is 0 Å². The highest BCUT2D eigenvalue weighted by molar-refractivity contribution is 8.03. The van der Waals surface area contributed by atoms with Crippen LogP contribution in [0, 0.1) is 0 Å². The van der Waals surface area contributed by atoms with Gasteiger partial charge in [0.05, 0.1) is 0 Å². The molecule has 0 fully saturated rings. The maximum atomic E-state index is 5.86. The SMILES string of the molecule is CCC(S)C(S)(S)OP(OC(S)(S)C(S)CC)OC(S)(S)C(S)CC. The van der Waals surface area contributed by atoms with E-state index in [1.807, 2.05) is 20.8 Å². The van der Waals surface area contributed by atoms with Gasteiger partial charge in [-0.25, -0.2) is 0 Å². The molecule has 25 heavy (non-hydrogen) atoms. The van der Waals surface area contributed by atoms with Crippen molar-refractivity contribution >= 4 is 122 Å². The normalized spacial score (nSPS) is 18.7. The third-order valence-corrected chi connectivity index (χ3v) is 11.1. The van der Waals surface area contributed by atoms with Gasteiger partial charge in [0.15, 0.2) is 12.8 Å². The van der Waals surface area contributed by atoms with E-state index < -0.39 is 21.4 Å². The fourth-order valence-electron chi connectivity index (χ4n) is 1.37. The minimum absolute atomic E-state index is 0.282. The second-order valence-corrected chi connectivity index (χ2v) is 13.2. The van der Waals surface area contributed by atoms with Crippen LogP contribution in [-0.2, 0) is 13.6 Å². The lowest BCUT2D eigenvalue weighted by Gasteiger charge is -2.39. The van der Waals surface area contributed by atoms with E-state index in [4.69, 9.17) is 13.6 Å². The van der Waals surface area contributed by atoms with Crippen molar-refractivity contribution in [3.8, 4) is 0 Å². The predicted octanol–water partition coefficient (Wildman–Crippen LogP) is 5.93.